The lowest BCUT2D eigenvalue weighted by molar-refractivity contribution is 0.238. The molecule has 0 amide bonds. The third-order valence-corrected chi connectivity index (χ3v) is 4.75. The summed E-state index contributed by atoms with van der Waals surface area (Å²) in [6.07, 6.45) is 5.49. The average Bonchev–Trinajstić information content (AvgIpc) is 2.38. The Morgan fingerprint density at radius 1 is 1.11 bits per heavy atom. The standard InChI is InChI=1S/C16H24BrN/c1-12(2)14-5-9-16(10-6-14)18-11-13-3-7-15(17)8-4-13/h3-4,7-8,12,14,16,18H,5-6,9-11H2,1-2H3. The first-order valence-electron chi connectivity index (χ1n) is 7.13. The minimum absolute atomic E-state index is 0.726. The molecule has 1 nitrogen and oxygen atoms in total. The highest BCUT2D eigenvalue weighted by Gasteiger charge is 2.22. The predicted octanol–water partition coefficient (Wildman–Crippen LogP) is 4.75. The van der Waals surface area contributed by atoms with E-state index in [-0.39, 0.29) is 0 Å². The Bertz CT molecular complexity index is 350. The van der Waals surface area contributed by atoms with Gasteiger partial charge in [0.1, 0.15) is 0 Å². The molecule has 1 aromatic carbocycles. The maximum atomic E-state index is 3.70. The highest BCUT2D eigenvalue weighted by atomic mass is 79.9. The first-order valence-corrected chi connectivity index (χ1v) is 7.92. The van der Waals surface area contributed by atoms with Gasteiger partial charge < -0.3 is 5.32 Å². The zero-order valence-corrected chi connectivity index (χ0v) is 13.0. The number of halogens is 1. The van der Waals surface area contributed by atoms with E-state index in [1.165, 1.54) is 31.2 Å². The lowest BCUT2D eigenvalue weighted by atomic mass is 9.80. The Hall–Kier alpha value is -0.340. The molecule has 0 spiro atoms. The second kappa shape index (κ2) is 6.72. The Kier molecular flexibility index (Phi) is 5.25. The van der Waals surface area contributed by atoms with Gasteiger partial charge in [-0.25, -0.2) is 0 Å². The maximum absolute atomic E-state index is 3.70. The van der Waals surface area contributed by atoms with Gasteiger partial charge in [0.15, 0.2) is 0 Å². The first-order chi connectivity index (χ1) is 8.65. The molecule has 0 unspecified atom stereocenters. The van der Waals surface area contributed by atoms with Gasteiger partial charge in [0.25, 0.3) is 0 Å². The van der Waals surface area contributed by atoms with Gasteiger partial charge in [-0.05, 0) is 55.2 Å². The van der Waals surface area contributed by atoms with Crippen LogP contribution in [0, 0.1) is 11.8 Å². The molecule has 0 bridgehead atoms. The molecule has 0 aliphatic heterocycles. The molecule has 1 fully saturated rings. The second-order valence-electron chi connectivity index (χ2n) is 5.86. The van der Waals surface area contributed by atoms with Gasteiger partial charge in [-0.1, -0.05) is 41.9 Å². The minimum atomic E-state index is 0.726. The van der Waals surface area contributed by atoms with Crippen LogP contribution in [-0.4, -0.2) is 6.04 Å². The highest BCUT2D eigenvalue weighted by molar-refractivity contribution is 9.10. The van der Waals surface area contributed by atoms with Crippen LogP contribution in [0.5, 0.6) is 0 Å². The molecule has 2 heteroatoms. The third-order valence-electron chi connectivity index (χ3n) is 4.22. The van der Waals surface area contributed by atoms with E-state index in [0.29, 0.717) is 0 Å². The fraction of sp³-hybridized carbons (Fsp3) is 0.625. The van der Waals surface area contributed by atoms with Gasteiger partial charge in [-0.15, -0.1) is 0 Å². The van der Waals surface area contributed by atoms with Crippen molar-refractivity contribution in [3.05, 3.63) is 34.3 Å². The summed E-state index contributed by atoms with van der Waals surface area (Å²) in [5.41, 5.74) is 1.38. The fourth-order valence-electron chi connectivity index (χ4n) is 2.85. The molecule has 0 atom stereocenters. The van der Waals surface area contributed by atoms with Crippen molar-refractivity contribution in [2.24, 2.45) is 11.8 Å². The number of rotatable bonds is 4. The molecular weight excluding hydrogens is 286 g/mol. The predicted molar refractivity (Wildman–Crippen MR) is 81.6 cm³/mol. The monoisotopic (exact) mass is 309 g/mol. The molecule has 0 saturated heterocycles. The number of benzene rings is 1. The molecule has 0 aromatic heterocycles. The molecule has 1 saturated carbocycles. The molecule has 2 rings (SSSR count). The quantitative estimate of drug-likeness (QED) is 0.846. The summed E-state index contributed by atoms with van der Waals surface area (Å²) in [5.74, 6) is 1.81. The largest absolute Gasteiger partial charge is 0.310 e. The van der Waals surface area contributed by atoms with Crippen LogP contribution in [0.3, 0.4) is 0 Å². The summed E-state index contributed by atoms with van der Waals surface area (Å²) in [7, 11) is 0. The fourth-order valence-corrected chi connectivity index (χ4v) is 3.12. The van der Waals surface area contributed by atoms with E-state index in [4.69, 9.17) is 0 Å². The van der Waals surface area contributed by atoms with Crippen molar-refractivity contribution in [2.45, 2.75) is 52.1 Å². The Morgan fingerprint density at radius 3 is 2.28 bits per heavy atom. The van der Waals surface area contributed by atoms with Gasteiger partial charge >= 0.3 is 0 Å². The van der Waals surface area contributed by atoms with E-state index in [2.05, 4.69) is 59.4 Å². The number of hydrogen-bond acceptors (Lipinski definition) is 1. The van der Waals surface area contributed by atoms with Crippen LogP contribution >= 0.6 is 15.9 Å². The van der Waals surface area contributed by atoms with Gasteiger partial charge in [0.05, 0.1) is 0 Å². The number of hydrogen-bond donors (Lipinski definition) is 1. The van der Waals surface area contributed by atoms with Crippen molar-refractivity contribution in [1.29, 1.82) is 0 Å². The van der Waals surface area contributed by atoms with Crippen molar-refractivity contribution in [2.75, 3.05) is 0 Å². The van der Waals surface area contributed by atoms with E-state index < -0.39 is 0 Å². The van der Waals surface area contributed by atoms with Crippen LogP contribution in [0.15, 0.2) is 28.7 Å². The van der Waals surface area contributed by atoms with Crippen molar-refractivity contribution >= 4 is 15.9 Å². The summed E-state index contributed by atoms with van der Waals surface area (Å²) in [6, 6.07) is 9.34. The first kappa shape index (κ1) is 14.1. The molecule has 1 aliphatic carbocycles. The van der Waals surface area contributed by atoms with Crippen LogP contribution in [0.2, 0.25) is 0 Å². The van der Waals surface area contributed by atoms with E-state index in [1.54, 1.807) is 0 Å². The summed E-state index contributed by atoms with van der Waals surface area (Å²) in [5, 5.41) is 3.70. The normalized spacial score (nSPS) is 24.4. The van der Waals surface area contributed by atoms with Gasteiger partial charge in [0.2, 0.25) is 0 Å². The van der Waals surface area contributed by atoms with Crippen LogP contribution < -0.4 is 5.32 Å². The van der Waals surface area contributed by atoms with Crippen LogP contribution in [0.25, 0.3) is 0 Å². The van der Waals surface area contributed by atoms with E-state index in [0.717, 1.165) is 28.9 Å². The molecule has 1 N–H and O–H groups in total. The van der Waals surface area contributed by atoms with Gasteiger partial charge in [-0.2, -0.15) is 0 Å². The van der Waals surface area contributed by atoms with Crippen molar-refractivity contribution in [3.8, 4) is 0 Å². The van der Waals surface area contributed by atoms with Gasteiger partial charge in [0, 0.05) is 17.1 Å². The smallest absolute Gasteiger partial charge is 0.0208 e. The SMILES string of the molecule is CC(C)C1CCC(NCc2ccc(Br)cc2)CC1. The zero-order valence-electron chi connectivity index (χ0n) is 11.5. The summed E-state index contributed by atoms with van der Waals surface area (Å²) in [4.78, 5) is 0. The summed E-state index contributed by atoms with van der Waals surface area (Å²) >= 11 is 3.47. The number of nitrogens with one attached hydrogen (secondary N) is 1. The molecule has 1 aliphatic rings. The lowest BCUT2D eigenvalue weighted by Gasteiger charge is -2.31. The Morgan fingerprint density at radius 2 is 1.72 bits per heavy atom. The second-order valence-corrected chi connectivity index (χ2v) is 6.78. The molecule has 1 aromatic rings. The van der Waals surface area contributed by atoms with Crippen molar-refractivity contribution in [3.63, 3.8) is 0 Å². The average molecular weight is 310 g/mol. The molecular formula is C16H24BrN. The van der Waals surface area contributed by atoms with E-state index >= 15 is 0 Å². The maximum Gasteiger partial charge on any atom is 0.0208 e. The summed E-state index contributed by atoms with van der Waals surface area (Å²) < 4.78 is 1.16. The van der Waals surface area contributed by atoms with Crippen LogP contribution in [-0.2, 0) is 6.54 Å². The Labute approximate surface area is 119 Å². The van der Waals surface area contributed by atoms with Crippen molar-refractivity contribution < 1.29 is 0 Å². The third kappa shape index (κ3) is 4.10. The summed E-state index contributed by atoms with van der Waals surface area (Å²) in [6.45, 7) is 5.73. The molecule has 100 valence electrons. The minimum Gasteiger partial charge on any atom is -0.310 e. The molecule has 0 radical (unpaired) electrons. The van der Waals surface area contributed by atoms with Crippen LogP contribution in [0.4, 0.5) is 0 Å². The topological polar surface area (TPSA) is 12.0 Å². The lowest BCUT2D eigenvalue weighted by Crippen LogP contribution is -2.33. The van der Waals surface area contributed by atoms with Crippen molar-refractivity contribution in [1.82, 2.24) is 5.32 Å². The Balaban J connectivity index is 1.74. The van der Waals surface area contributed by atoms with Crippen LogP contribution in [0.1, 0.15) is 45.1 Å². The molecule has 0 heterocycles. The molecule has 18 heavy (non-hydrogen) atoms. The van der Waals surface area contributed by atoms with E-state index in [1.807, 2.05) is 0 Å². The zero-order chi connectivity index (χ0) is 13.0. The highest BCUT2D eigenvalue weighted by Crippen LogP contribution is 2.29. The van der Waals surface area contributed by atoms with Gasteiger partial charge in [-0.3, -0.25) is 0 Å². The van der Waals surface area contributed by atoms with E-state index in [9.17, 15) is 0 Å².